The highest BCUT2D eigenvalue weighted by atomic mass is 32.3. The van der Waals surface area contributed by atoms with Crippen molar-refractivity contribution < 1.29 is 31.6 Å². The predicted molar refractivity (Wildman–Crippen MR) is 70.0 cm³/mol. The van der Waals surface area contributed by atoms with Gasteiger partial charge in [0.1, 0.15) is 6.04 Å². The van der Waals surface area contributed by atoms with E-state index in [1.54, 1.807) is 6.92 Å². The van der Waals surface area contributed by atoms with Gasteiger partial charge in [-0.15, -0.1) is 4.28 Å². The second-order valence-corrected chi connectivity index (χ2v) is 5.91. The summed E-state index contributed by atoms with van der Waals surface area (Å²) in [6.45, 7) is 1.70. The second kappa shape index (κ2) is 6.06. The molecular weight excluding hydrogens is 320 g/mol. The predicted octanol–water partition coefficient (Wildman–Crippen LogP) is -1.45. The Kier molecular flexibility index (Phi) is 4.53. The molecule has 0 radical (unpaired) electrons. The minimum atomic E-state index is -4.82. The minimum Gasteiger partial charge on any atom is -0.309 e. The van der Waals surface area contributed by atoms with Gasteiger partial charge in [0.15, 0.2) is 0 Å². The number of hydrazine groups is 1. The average Bonchev–Trinajstić information content (AvgIpc) is 2.68. The topological polar surface area (TPSA) is 145 Å². The lowest BCUT2D eigenvalue weighted by atomic mass is 10.0. The monoisotopic (exact) mass is 336 g/mol. The van der Waals surface area contributed by atoms with Gasteiger partial charge in [-0.05, 0) is 12.8 Å². The van der Waals surface area contributed by atoms with E-state index in [9.17, 15) is 22.8 Å². The van der Waals surface area contributed by atoms with Gasteiger partial charge >= 0.3 is 16.4 Å². The zero-order chi connectivity index (χ0) is 16.5. The molecule has 2 aliphatic heterocycles. The van der Waals surface area contributed by atoms with Crippen LogP contribution in [0.1, 0.15) is 26.2 Å². The third-order valence-electron chi connectivity index (χ3n) is 3.45. The van der Waals surface area contributed by atoms with Gasteiger partial charge in [-0.3, -0.25) is 25.0 Å². The van der Waals surface area contributed by atoms with Crippen LogP contribution in [0.2, 0.25) is 0 Å². The van der Waals surface area contributed by atoms with Crippen LogP contribution in [0.4, 0.5) is 4.79 Å². The number of fused-ring (bicyclic) bond motifs is 2. The number of urea groups is 1. The number of nitrogens with one attached hydrogen (secondary N) is 2. The lowest BCUT2D eigenvalue weighted by molar-refractivity contribution is -0.131. The molecule has 0 aliphatic carbocycles. The first-order valence-electron chi connectivity index (χ1n) is 6.58. The Hall–Kier alpha value is -1.92. The quantitative estimate of drug-likeness (QED) is 0.420. The molecule has 0 unspecified atom stereocenters. The Labute approximate surface area is 126 Å². The van der Waals surface area contributed by atoms with Crippen molar-refractivity contribution in [1.82, 2.24) is 20.8 Å². The summed E-state index contributed by atoms with van der Waals surface area (Å²) in [7, 11) is -4.82. The van der Waals surface area contributed by atoms with Gasteiger partial charge in [0, 0.05) is 13.0 Å². The van der Waals surface area contributed by atoms with Crippen LogP contribution >= 0.6 is 0 Å². The van der Waals surface area contributed by atoms with Crippen molar-refractivity contribution in [2.24, 2.45) is 0 Å². The largest absolute Gasteiger partial charge is 0.418 e. The van der Waals surface area contributed by atoms with Crippen LogP contribution in [0.25, 0.3) is 0 Å². The molecular formula is C10H16N4O7S. The highest BCUT2D eigenvalue weighted by molar-refractivity contribution is 7.80. The molecule has 0 aromatic carbocycles. The first-order chi connectivity index (χ1) is 10.2. The third kappa shape index (κ3) is 3.45. The summed E-state index contributed by atoms with van der Waals surface area (Å²) in [6, 6.07) is -2.25. The molecule has 4 amide bonds. The smallest absolute Gasteiger partial charge is 0.309 e. The zero-order valence-corrected chi connectivity index (χ0v) is 12.5. The van der Waals surface area contributed by atoms with Gasteiger partial charge in [-0.25, -0.2) is 4.79 Å². The summed E-state index contributed by atoms with van der Waals surface area (Å²) < 4.78 is 34.4. The van der Waals surface area contributed by atoms with Crippen molar-refractivity contribution in [2.75, 3.05) is 6.54 Å². The van der Waals surface area contributed by atoms with E-state index in [0.29, 0.717) is 11.5 Å². The summed E-state index contributed by atoms with van der Waals surface area (Å²) in [5.74, 6) is -0.964. The Morgan fingerprint density at radius 3 is 2.64 bits per heavy atom. The Morgan fingerprint density at radius 2 is 2.05 bits per heavy atom. The zero-order valence-electron chi connectivity index (χ0n) is 11.7. The van der Waals surface area contributed by atoms with Crippen LogP contribution in [0.5, 0.6) is 0 Å². The molecule has 2 fully saturated rings. The van der Waals surface area contributed by atoms with Crippen LogP contribution in [0.15, 0.2) is 0 Å². The van der Waals surface area contributed by atoms with Crippen LogP contribution in [-0.2, 0) is 24.3 Å². The fraction of sp³-hybridized carbons (Fsp3) is 0.700. The normalized spacial score (nSPS) is 24.4. The number of hydroxylamine groups is 2. The second-order valence-electron chi connectivity index (χ2n) is 4.90. The number of rotatable bonds is 4. The van der Waals surface area contributed by atoms with E-state index >= 15 is 0 Å². The minimum absolute atomic E-state index is 0.0914. The van der Waals surface area contributed by atoms with Crippen molar-refractivity contribution in [3.05, 3.63) is 0 Å². The van der Waals surface area contributed by atoms with Crippen molar-refractivity contribution in [3.63, 3.8) is 0 Å². The molecule has 2 bridgehead atoms. The van der Waals surface area contributed by atoms with Gasteiger partial charge < -0.3 is 4.90 Å². The number of nitrogens with zero attached hydrogens (tertiary/aromatic N) is 2. The van der Waals surface area contributed by atoms with E-state index in [-0.39, 0.29) is 25.3 Å². The summed E-state index contributed by atoms with van der Waals surface area (Å²) in [6.07, 6.45) is 0.777. The number of amides is 4. The first-order valence-corrected chi connectivity index (χ1v) is 7.95. The van der Waals surface area contributed by atoms with Crippen LogP contribution in [-0.4, -0.2) is 59.4 Å². The number of carbonyl (C=O) groups is 3. The van der Waals surface area contributed by atoms with E-state index < -0.39 is 34.4 Å². The number of piperidine rings is 1. The third-order valence-corrected chi connectivity index (χ3v) is 3.80. The van der Waals surface area contributed by atoms with E-state index in [2.05, 4.69) is 15.1 Å². The summed E-state index contributed by atoms with van der Waals surface area (Å²) in [5, 5.41) is 0.549. The lowest BCUT2D eigenvalue weighted by Crippen LogP contribution is -2.54. The van der Waals surface area contributed by atoms with Gasteiger partial charge in [0.25, 0.3) is 5.91 Å². The molecule has 0 spiro atoms. The molecule has 12 heteroatoms. The number of carbonyl (C=O) groups excluding carboxylic acids is 3. The molecule has 2 aliphatic rings. The molecule has 2 heterocycles. The maximum Gasteiger partial charge on any atom is 0.418 e. The van der Waals surface area contributed by atoms with Crippen LogP contribution in [0, 0.1) is 0 Å². The van der Waals surface area contributed by atoms with Crippen LogP contribution < -0.4 is 10.9 Å². The summed E-state index contributed by atoms with van der Waals surface area (Å²) >= 11 is 0. The Morgan fingerprint density at radius 1 is 1.36 bits per heavy atom. The van der Waals surface area contributed by atoms with Crippen molar-refractivity contribution in [2.45, 2.75) is 38.3 Å². The van der Waals surface area contributed by atoms with E-state index in [0.717, 1.165) is 4.90 Å². The number of hydrogen-bond acceptors (Lipinski definition) is 6. The SMILES string of the molecule is CCC(=O)NNC(=O)[C@H]1CC[C@H]2CN1C(=O)N2OS(=O)(=O)O. The fourth-order valence-corrected chi connectivity index (χ4v) is 2.80. The Balaban J connectivity index is 2.02. The van der Waals surface area contributed by atoms with E-state index in [1.165, 1.54) is 0 Å². The molecule has 11 nitrogen and oxygen atoms in total. The van der Waals surface area contributed by atoms with Crippen molar-refractivity contribution >= 4 is 28.2 Å². The molecule has 0 saturated carbocycles. The van der Waals surface area contributed by atoms with Gasteiger partial charge in [0.2, 0.25) is 5.91 Å². The van der Waals surface area contributed by atoms with Crippen molar-refractivity contribution in [1.29, 1.82) is 0 Å². The van der Waals surface area contributed by atoms with Crippen molar-refractivity contribution in [3.8, 4) is 0 Å². The highest BCUT2D eigenvalue weighted by Gasteiger charge is 2.49. The molecule has 0 aromatic rings. The van der Waals surface area contributed by atoms with Crippen LogP contribution in [0.3, 0.4) is 0 Å². The summed E-state index contributed by atoms with van der Waals surface area (Å²) in [4.78, 5) is 36.3. The molecule has 3 N–H and O–H groups in total. The first kappa shape index (κ1) is 16.5. The van der Waals surface area contributed by atoms with Gasteiger partial charge in [-0.2, -0.15) is 13.5 Å². The lowest BCUT2D eigenvalue weighted by Gasteiger charge is -2.29. The molecule has 2 rings (SSSR count). The molecule has 2 atom stereocenters. The molecule has 22 heavy (non-hydrogen) atoms. The summed E-state index contributed by atoms with van der Waals surface area (Å²) in [5.41, 5.74) is 4.40. The Bertz CT molecular complexity index is 592. The fourth-order valence-electron chi connectivity index (χ4n) is 2.41. The maximum absolute atomic E-state index is 12.1. The molecule has 124 valence electrons. The maximum atomic E-state index is 12.1. The average molecular weight is 336 g/mol. The van der Waals surface area contributed by atoms with E-state index in [4.69, 9.17) is 4.55 Å². The van der Waals surface area contributed by atoms with Gasteiger partial charge in [0.05, 0.1) is 6.04 Å². The highest BCUT2D eigenvalue weighted by Crippen LogP contribution is 2.30. The van der Waals surface area contributed by atoms with E-state index in [1.807, 2.05) is 0 Å². The van der Waals surface area contributed by atoms with Gasteiger partial charge in [-0.1, -0.05) is 6.92 Å². The molecule has 2 saturated heterocycles. The standard InChI is InChI=1S/C10H16N4O7S/c1-2-8(15)11-12-9(16)7-4-3-6-5-13(7)10(17)14(6)21-22(18,19)20/h6-7H,2-5H2,1H3,(H,11,15)(H,12,16)(H,18,19,20)/t6-,7+/m0/s1. The molecule has 0 aromatic heterocycles. The number of hydrogen-bond donors (Lipinski definition) is 3.